The maximum absolute atomic E-state index is 4.70. The highest BCUT2D eigenvalue weighted by atomic mass is 79.9. The first-order valence-electron chi connectivity index (χ1n) is 6.80. The molecule has 1 aromatic heterocycles. The summed E-state index contributed by atoms with van der Waals surface area (Å²) in [4.78, 5) is 9.34. The van der Waals surface area contributed by atoms with Crippen LogP contribution in [0.1, 0.15) is 29.3 Å². The summed E-state index contributed by atoms with van der Waals surface area (Å²) in [6, 6.07) is 4.37. The zero-order valence-electron chi connectivity index (χ0n) is 12.6. The van der Waals surface area contributed by atoms with E-state index in [-0.39, 0.29) is 0 Å². The summed E-state index contributed by atoms with van der Waals surface area (Å²) in [5.74, 6) is 1.62. The van der Waals surface area contributed by atoms with Gasteiger partial charge in [-0.05, 0) is 65.9 Å². The van der Waals surface area contributed by atoms with Gasteiger partial charge in [-0.15, -0.1) is 0 Å². The van der Waals surface area contributed by atoms with Crippen LogP contribution >= 0.6 is 15.9 Å². The van der Waals surface area contributed by atoms with Gasteiger partial charge in [-0.25, -0.2) is 9.97 Å². The highest BCUT2D eigenvalue weighted by Gasteiger charge is 2.13. The standard InChI is InChI=1S/C16H20BrN3/c1-6-13-14(17)16(18-5)20-15(19-13)12-8-10(3)9(2)7-11(12)4/h7-8H,6H2,1-5H3,(H,18,19,20). The molecule has 106 valence electrons. The molecule has 1 heterocycles. The molecular formula is C16H20BrN3. The van der Waals surface area contributed by atoms with Crippen LogP contribution in [0.5, 0.6) is 0 Å². The maximum atomic E-state index is 4.70. The van der Waals surface area contributed by atoms with Crippen LogP contribution in [0.3, 0.4) is 0 Å². The SMILES string of the molecule is CCc1nc(-c2cc(C)c(C)cc2C)nc(NC)c1Br. The molecule has 3 nitrogen and oxygen atoms in total. The summed E-state index contributed by atoms with van der Waals surface area (Å²) in [6.07, 6.45) is 0.870. The fourth-order valence-corrected chi connectivity index (χ4v) is 2.87. The molecule has 0 atom stereocenters. The van der Waals surface area contributed by atoms with E-state index in [0.29, 0.717) is 0 Å². The summed E-state index contributed by atoms with van der Waals surface area (Å²) in [6.45, 7) is 8.46. The van der Waals surface area contributed by atoms with E-state index in [4.69, 9.17) is 4.98 Å². The van der Waals surface area contributed by atoms with Gasteiger partial charge in [0.25, 0.3) is 0 Å². The van der Waals surface area contributed by atoms with E-state index in [1.807, 2.05) is 7.05 Å². The monoisotopic (exact) mass is 333 g/mol. The van der Waals surface area contributed by atoms with Crippen molar-refractivity contribution in [3.8, 4) is 11.4 Å². The fourth-order valence-electron chi connectivity index (χ4n) is 2.22. The molecule has 0 spiro atoms. The second kappa shape index (κ2) is 5.92. The molecule has 0 fully saturated rings. The lowest BCUT2D eigenvalue weighted by Gasteiger charge is -2.13. The lowest BCUT2D eigenvalue weighted by Crippen LogP contribution is -2.03. The van der Waals surface area contributed by atoms with E-state index in [2.05, 4.69) is 66.1 Å². The number of anilines is 1. The summed E-state index contributed by atoms with van der Waals surface area (Å²) < 4.78 is 0.952. The van der Waals surface area contributed by atoms with Gasteiger partial charge in [0.2, 0.25) is 0 Å². The largest absolute Gasteiger partial charge is 0.372 e. The van der Waals surface area contributed by atoms with Gasteiger partial charge in [-0.1, -0.05) is 13.0 Å². The average Bonchev–Trinajstić information content (AvgIpc) is 2.43. The van der Waals surface area contributed by atoms with Crippen molar-refractivity contribution in [3.05, 3.63) is 39.0 Å². The Balaban J connectivity index is 2.66. The van der Waals surface area contributed by atoms with Crippen LogP contribution < -0.4 is 5.32 Å². The highest BCUT2D eigenvalue weighted by Crippen LogP contribution is 2.29. The van der Waals surface area contributed by atoms with E-state index < -0.39 is 0 Å². The minimum Gasteiger partial charge on any atom is -0.372 e. The zero-order chi connectivity index (χ0) is 14.9. The van der Waals surface area contributed by atoms with Crippen molar-refractivity contribution in [2.45, 2.75) is 34.1 Å². The Hall–Kier alpha value is -1.42. The normalized spacial score (nSPS) is 10.7. The van der Waals surface area contributed by atoms with Crippen molar-refractivity contribution in [2.75, 3.05) is 12.4 Å². The molecule has 0 saturated carbocycles. The summed E-state index contributed by atoms with van der Waals surface area (Å²) >= 11 is 3.57. The van der Waals surface area contributed by atoms with Gasteiger partial charge in [0.05, 0.1) is 10.2 Å². The van der Waals surface area contributed by atoms with Gasteiger partial charge in [-0.3, -0.25) is 0 Å². The second-order valence-corrected chi connectivity index (χ2v) is 5.80. The van der Waals surface area contributed by atoms with Crippen LogP contribution in [-0.4, -0.2) is 17.0 Å². The first-order valence-corrected chi connectivity index (χ1v) is 7.59. The first kappa shape index (κ1) is 15.0. The second-order valence-electron chi connectivity index (χ2n) is 5.01. The molecule has 4 heteroatoms. The Morgan fingerprint density at radius 3 is 2.30 bits per heavy atom. The Labute approximate surface area is 129 Å². The van der Waals surface area contributed by atoms with Gasteiger partial charge in [0.15, 0.2) is 5.82 Å². The lowest BCUT2D eigenvalue weighted by molar-refractivity contribution is 0.989. The molecule has 0 aliphatic heterocycles. The molecule has 2 aromatic rings. The van der Waals surface area contributed by atoms with E-state index >= 15 is 0 Å². The predicted molar refractivity (Wildman–Crippen MR) is 88.3 cm³/mol. The molecule has 0 unspecified atom stereocenters. The van der Waals surface area contributed by atoms with Crippen molar-refractivity contribution in [1.82, 2.24) is 9.97 Å². The number of nitrogens with zero attached hydrogens (tertiary/aromatic N) is 2. The van der Waals surface area contributed by atoms with Gasteiger partial charge in [0.1, 0.15) is 5.82 Å². The number of aryl methyl sites for hydroxylation is 4. The Bertz CT molecular complexity index is 625. The smallest absolute Gasteiger partial charge is 0.162 e. The van der Waals surface area contributed by atoms with E-state index in [1.165, 1.54) is 16.7 Å². The highest BCUT2D eigenvalue weighted by molar-refractivity contribution is 9.10. The van der Waals surface area contributed by atoms with Crippen molar-refractivity contribution in [1.29, 1.82) is 0 Å². The lowest BCUT2D eigenvalue weighted by atomic mass is 10.0. The quantitative estimate of drug-likeness (QED) is 0.902. The number of halogens is 1. The molecule has 1 N–H and O–H groups in total. The van der Waals surface area contributed by atoms with Crippen LogP contribution in [0.25, 0.3) is 11.4 Å². The number of hydrogen-bond donors (Lipinski definition) is 1. The molecule has 20 heavy (non-hydrogen) atoms. The molecular weight excluding hydrogens is 314 g/mol. The topological polar surface area (TPSA) is 37.8 Å². The van der Waals surface area contributed by atoms with Crippen molar-refractivity contribution >= 4 is 21.7 Å². The molecule has 0 aliphatic carbocycles. The molecule has 0 aliphatic rings. The van der Waals surface area contributed by atoms with Gasteiger partial charge in [0, 0.05) is 12.6 Å². The number of benzene rings is 1. The van der Waals surface area contributed by atoms with Crippen molar-refractivity contribution in [3.63, 3.8) is 0 Å². The van der Waals surface area contributed by atoms with E-state index in [1.54, 1.807) is 0 Å². The Kier molecular flexibility index (Phi) is 4.43. The summed E-state index contributed by atoms with van der Waals surface area (Å²) in [5.41, 5.74) is 5.90. The van der Waals surface area contributed by atoms with Crippen LogP contribution in [0.15, 0.2) is 16.6 Å². The van der Waals surface area contributed by atoms with Gasteiger partial charge >= 0.3 is 0 Å². The van der Waals surface area contributed by atoms with Crippen molar-refractivity contribution < 1.29 is 0 Å². The minimum absolute atomic E-state index is 0.787. The maximum Gasteiger partial charge on any atom is 0.162 e. The third-order valence-electron chi connectivity index (χ3n) is 3.57. The van der Waals surface area contributed by atoms with Crippen LogP contribution in [0, 0.1) is 20.8 Å². The van der Waals surface area contributed by atoms with Crippen LogP contribution in [0.4, 0.5) is 5.82 Å². The van der Waals surface area contributed by atoms with E-state index in [9.17, 15) is 0 Å². The fraction of sp³-hybridized carbons (Fsp3) is 0.375. The van der Waals surface area contributed by atoms with Crippen molar-refractivity contribution in [2.24, 2.45) is 0 Å². The first-order chi connectivity index (χ1) is 9.47. The number of nitrogens with one attached hydrogen (secondary N) is 1. The van der Waals surface area contributed by atoms with E-state index in [0.717, 1.165) is 33.8 Å². The van der Waals surface area contributed by atoms with Gasteiger partial charge in [-0.2, -0.15) is 0 Å². The Morgan fingerprint density at radius 1 is 1.05 bits per heavy atom. The number of aromatic nitrogens is 2. The third-order valence-corrected chi connectivity index (χ3v) is 4.41. The predicted octanol–water partition coefficient (Wildman–Crippen LogP) is 4.44. The summed E-state index contributed by atoms with van der Waals surface area (Å²) in [5, 5.41) is 3.13. The number of rotatable bonds is 3. The number of hydrogen-bond acceptors (Lipinski definition) is 3. The summed E-state index contributed by atoms with van der Waals surface area (Å²) in [7, 11) is 1.88. The van der Waals surface area contributed by atoms with Gasteiger partial charge < -0.3 is 5.32 Å². The molecule has 1 aromatic carbocycles. The molecule has 2 rings (SSSR count). The van der Waals surface area contributed by atoms with Crippen LogP contribution in [0.2, 0.25) is 0 Å². The zero-order valence-corrected chi connectivity index (χ0v) is 14.2. The molecule has 0 bridgehead atoms. The average molecular weight is 334 g/mol. The minimum atomic E-state index is 0.787. The molecule has 0 radical (unpaired) electrons. The third kappa shape index (κ3) is 2.70. The van der Waals surface area contributed by atoms with Crippen LogP contribution in [-0.2, 0) is 6.42 Å². The Morgan fingerprint density at radius 2 is 1.70 bits per heavy atom. The molecule has 0 amide bonds. The molecule has 0 saturated heterocycles.